The predicted molar refractivity (Wildman–Crippen MR) is 101 cm³/mol. The molecule has 1 aromatic heterocycles. The zero-order chi connectivity index (χ0) is 18.6. The molecule has 0 radical (unpaired) electrons. The lowest BCUT2D eigenvalue weighted by molar-refractivity contribution is -0.136. The van der Waals surface area contributed by atoms with Crippen molar-refractivity contribution in [1.82, 2.24) is 20.1 Å². The number of H-pyrrole nitrogens is 1. The molecule has 7 heteroatoms. The number of rotatable bonds is 7. The Morgan fingerprint density at radius 3 is 2.63 bits per heavy atom. The molecule has 2 saturated heterocycles. The van der Waals surface area contributed by atoms with Crippen LogP contribution in [0.2, 0.25) is 0 Å². The van der Waals surface area contributed by atoms with E-state index in [1.54, 1.807) is 18.5 Å². The summed E-state index contributed by atoms with van der Waals surface area (Å²) in [6.45, 7) is 4.44. The fraction of sp³-hybridized carbons (Fsp3) is 0.700. The summed E-state index contributed by atoms with van der Waals surface area (Å²) >= 11 is 0. The first-order valence-corrected chi connectivity index (χ1v) is 10.2. The molecule has 7 nitrogen and oxygen atoms in total. The largest absolute Gasteiger partial charge is 0.378 e. The van der Waals surface area contributed by atoms with Crippen LogP contribution in [-0.2, 0) is 9.53 Å². The van der Waals surface area contributed by atoms with E-state index in [1.165, 1.54) is 12.8 Å². The van der Waals surface area contributed by atoms with E-state index in [9.17, 15) is 9.59 Å². The zero-order valence-electron chi connectivity index (χ0n) is 15.9. The summed E-state index contributed by atoms with van der Waals surface area (Å²) in [6, 6.07) is 2.42. The molecule has 4 rings (SSSR count). The van der Waals surface area contributed by atoms with Crippen molar-refractivity contribution >= 4 is 11.8 Å². The number of aromatic nitrogens is 1. The van der Waals surface area contributed by atoms with Gasteiger partial charge in [-0.15, -0.1) is 0 Å². The standard InChI is InChI=1S/C20H30N4O3/c25-19(23-7-9-27-10-8-23)11-17-3-4-18(24(17)14-15-1-2-15)13-22-20(26)16-5-6-21-12-16/h5-6,12,15,17-18,21H,1-4,7-11,13-14H2,(H,22,26)/t17-,18+/m1/s1. The third kappa shape index (κ3) is 4.71. The van der Waals surface area contributed by atoms with Crippen LogP contribution < -0.4 is 5.32 Å². The van der Waals surface area contributed by atoms with Crippen LogP contribution in [0.5, 0.6) is 0 Å². The van der Waals surface area contributed by atoms with Crippen molar-refractivity contribution in [2.24, 2.45) is 5.92 Å². The Kier molecular flexibility index (Phi) is 5.78. The van der Waals surface area contributed by atoms with Gasteiger partial charge in [-0.2, -0.15) is 0 Å². The molecule has 0 aromatic carbocycles. The molecule has 0 bridgehead atoms. The number of carbonyl (C=O) groups is 2. The Hall–Kier alpha value is -1.86. The molecule has 0 spiro atoms. The molecular formula is C20H30N4O3. The van der Waals surface area contributed by atoms with Crippen LogP contribution in [0.15, 0.2) is 18.5 Å². The van der Waals surface area contributed by atoms with Crippen LogP contribution in [0.1, 0.15) is 42.5 Å². The van der Waals surface area contributed by atoms with Crippen LogP contribution in [-0.4, -0.2) is 78.1 Å². The number of likely N-dealkylation sites (tertiary alicyclic amines) is 1. The summed E-state index contributed by atoms with van der Waals surface area (Å²) in [6.07, 6.45) is 8.74. The summed E-state index contributed by atoms with van der Waals surface area (Å²) in [5.41, 5.74) is 0.667. The first kappa shape index (κ1) is 18.5. The molecular weight excluding hydrogens is 344 g/mol. The van der Waals surface area contributed by atoms with Gasteiger partial charge in [-0.3, -0.25) is 14.5 Å². The van der Waals surface area contributed by atoms with E-state index in [2.05, 4.69) is 15.2 Å². The van der Waals surface area contributed by atoms with Crippen LogP contribution in [0.4, 0.5) is 0 Å². The summed E-state index contributed by atoms with van der Waals surface area (Å²) in [7, 11) is 0. The summed E-state index contributed by atoms with van der Waals surface area (Å²) in [5.74, 6) is 0.989. The average molecular weight is 374 g/mol. The van der Waals surface area contributed by atoms with Gasteiger partial charge in [0, 0.05) is 57.1 Å². The maximum Gasteiger partial charge on any atom is 0.252 e. The Morgan fingerprint density at radius 2 is 1.93 bits per heavy atom. The third-order valence-corrected chi connectivity index (χ3v) is 6.07. The summed E-state index contributed by atoms with van der Waals surface area (Å²) in [4.78, 5) is 32.3. The molecule has 3 heterocycles. The Balaban J connectivity index is 1.33. The third-order valence-electron chi connectivity index (χ3n) is 6.07. The molecule has 2 atom stereocenters. The molecule has 2 amide bonds. The van der Waals surface area contributed by atoms with E-state index < -0.39 is 0 Å². The van der Waals surface area contributed by atoms with E-state index in [-0.39, 0.29) is 11.8 Å². The second-order valence-corrected chi connectivity index (χ2v) is 8.03. The number of ether oxygens (including phenoxy) is 1. The number of carbonyl (C=O) groups excluding carboxylic acids is 2. The van der Waals surface area contributed by atoms with Gasteiger partial charge >= 0.3 is 0 Å². The molecule has 2 aliphatic heterocycles. The summed E-state index contributed by atoms with van der Waals surface area (Å²) in [5, 5.41) is 3.08. The van der Waals surface area contributed by atoms with Gasteiger partial charge in [0.1, 0.15) is 0 Å². The van der Waals surface area contributed by atoms with E-state index in [0.717, 1.165) is 25.3 Å². The molecule has 1 saturated carbocycles. The van der Waals surface area contributed by atoms with Gasteiger partial charge in [-0.1, -0.05) is 0 Å². The quantitative estimate of drug-likeness (QED) is 0.753. The Labute approximate surface area is 160 Å². The van der Waals surface area contributed by atoms with E-state index in [1.807, 2.05) is 4.90 Å². The van der Waals surface area contributed by atoms with Gasteiger partial charge in [-0.25, -0.2) is 0 Å². The topological polar surface area (TPSA) is 77.7 Å². The van der Waals surface area contributed by atoms with Crippen molar-refractivity contribution < 1.29 is 14.3 Å². The van der Waals surface area contributed by atoms with Gasteiger partial charge in [0.05, 0.1) is 18.8 Å². The molecule has 3 aliphatic rings. The van der Waals surface area contributed by atoms with Gasteiger partial charge in [0.15, 0.2) is 0 Å². The first-order valence-electron chi connectivity index (χ1n) is 10.2. The van der Waals surface area contributed by atoms with Crippen molar-refractivity contribution in [3.8, 4) is 0 Å². The minimum Gasteiger partial charge on any atom is -0.378 e. The van der Waals surface area contributed by atoms with Crippen molar-refractivity contribution in [3.05, 3.63) is 24.0 Å². The van der Waals surface area contributed by atoms with Crippen LogP contribution >= 0.6 is 0 Å². The fourth-order valence-corrected chi connectivity index (χ4v) is 4.27. The van der Waals surface area contributed by atoms with Crippen molar-refractivity contribution in [1.29, 1.82) is 0 Å². The summed E-state index contributed by atoms with van der Waals surface area (Å²) < 4.78 is 5.36. The zero-order valence-corrected chi connectivity index (χ0v) is 15.9. The predicted octanol–water partition coefficient (Wildman–Crippen LogP) is 1.24. The minimum absolute atomic E-state index is 0.0320. The lowest BCUT2D eigenvalue weighted by Gasteiger charge is -2.33. The Morgan fingerprint density at radius 1 is 1.15 bits per heavy atom. The number of nitrogens with one attached hydrogen (secondary N) is 2. The average Bonchev–Trinajstić information content (AvgIpc) is 3.19. The first-order chi connectivity index (χ1) is 13.2. The second kappa shape index (κ2) is 8.44. The van der Waals surface area contributed by atoms with Crippen molar-refractivity contribution in [2.45, 2.75) is 44.2 Å². The highest BCUT2D eigenvalue weighted by atomic mass is 16.5. The van der Waals surface area contributed by atoms with E-state index in [0.29, 0.717) is 56.9 Å². The normalized spacial score (nSPS) is 26.3. The number of nitrogens with zero attached hydrogens (tertiary/aromatic N) is 2. The van der Waals surface area contributed by atoms with Gasteiger partial charge in [0.25, 0.3) is 5.91 Å². The second-order valence-electron chi connectivity index (χ2n) is 8.03. The lowest BCUT2D eigenvalue weighted by atomic mass is 10.1. The van der Waals surface area contributed by atoms with Gasteiger partial charge < -0.3 is 19.9 Å². The molecule has 1 aromatic rings. The molecule has 2 N–H and O–H groups in total. The Bertz CT molecular complexity index is 638. The molecule has 0 unspecified atom stereocenters. The number of amides is 2. The number of hydrogen-bond acceptors (Lipinski definition) is 4. The van der Waals surface area contributed by atoms with E-state index >= 15 is 0 Å². The molecule has 3 fully saturated rings. The molecule has 148 valence electrons. The molecule has 1 aliphatic carbocycles. The monoisotopic (exact) mass is 374 g/mol. The molecule has 27 heavy (non-hydrogen) atoms. The van der Waals surface area contributed by atoms with Crippen molar-refractivity contribution in [3.63, 3.8) is 0 Å². The van der Waals surface area contributed by atoms with Gasteiger partial charge in [0.2, 0.25) is 5.91 Å². The smallest absolute Gasteiger partial charge is 0.252 e. The highest BCUT2D eigenvalue weighted by Gasteiger charge is 2.38. The maximum absolute atomic E-state index is 12.7. The maximum atomic E-state index is 12.7. The van der Waals surface area contributed by atoms with Gasteiger partial charge in [-0.05, 0) is 37.7 Å². The number of aromatic amines is 1. The van der Waals surface area contributed by atoms with Crippen LogP contribution in [0.3, 0.4) is 0 Å². The minimum atomic E-state index is -0.0320. The highest BCUT2D eigenvalue weighted by Crippen LogP contribution is 2.35. The number of hydrogen-bond donors (Lipinski definition) is 2. The van der Waals surface area contributed by atoms with Crippen LogP contribution in [0, 0.1) is 5.92 Å². The van der Waals surface area contributed by atoms with Crippen molar-refractivity contribution in [2.75, 3.05) is 39.4 Å². The highest BCUT2D eigenvalue weighted by molar-refractivity contribution is 5.93. The number of morpholine rings is 1. The van der Waals surface area contributed by atoms with E-state index in [4.69, 9.17) is 4.74 Å². The van der Waals surface area contributed by atoms with Crippen LogP contribution in [0.25, 0.3) is 0 Å². The lowest BCUT2D eigenvalue weighted by Crippen LogP contribution is -2.47. The SMILES string of the molecule is O=C(NC[C@@H]1CC[C@H](CC(=O)N2CCOCC2)N1CC1CC1)c1cc[nH]c1. The fourth-order valence-electron chi connectivity index (χ4n) is 4.27.